The van der Waals surface area contributed by atoms with Gasteiger partial charge in [-0.15, -0.1) is 0 Å². The van der Waals surface area contributed by atoms with Crippen LogP contribution < -0.4 is 5.32 Å². The van der Waals surface area contributed by atoms with Crippen LogP contribution in [-0.2, 0) is 9.59 Å². The molecule has 1 atom stereocenters. The average molecular weight is 315 g/mol. The molecule has 1 fully saturated rings. The Labute approximate surface area is 137 Å². The Morgan fingerprint density at radius 3 is 2.00 bits per heavy atom. The van der Waals surface area contributed by atoms with Crippen LogP contribution in [0.15, 0.2) is 24.3 Å². The molecule has 1 aliphatic rings. The van der Waals surface area contributed by atoms with Gasteiger partial charge in [-0.1, -0.05) is 12.8 Å². The summed E-state index contributed by atoms with van der Waals surface area (Å²) in [5, 5.41) is 3.48. The maximum Gasteiger partial charge on any atom is 0.180 e. The van der Waals surface area contributed by atoms with Crippen molar-refractivity contribution in [3.63, 3.8) is 0 Å². The quantitative estimate of drug-likeness (QED) is 0.616. The molecule has 0 amide bonds. The molecular weight excluding hydrogens is 290 g/mol. The highest BCUT2D eigenvalue weighted by Gasteiger charge is 2.28. The summed E-state index contributed by atoms with van der Waals surface area (Å²) in [6, 6.07) is 7.46. The first-order valence-electron chi connectivity index (χ1n) is 8.32. The third-order valence-corrected chi connectivity index (χ3v) is 4.75. The number of ketones is 3. The third kappa shape index (κ3) is 4.27. The molecule has 1 aliphatic carbocycles. The number of carbonyl (C=O) groups excluding carboxylic acids is 3. The van der Waals surface area contributed by atoms with Gasteiger partial charge in [0.25, 0.3) is 0 Å². The van der Waals surface area contributed by atoms with E-state index < -0.39 is 23.3 Å². The fourth-order valence-electron chi connectivity index (χ4n) is 3.39. The van der Waals surface area contributed by atoms with Gasteiger partial charge in [0, 0.05) is 17.3 Å². The van der Waals surface area contributed by atoms with Crippen LogP contribution in [0.2, 0.25) is 0 Å². The molecule has 0 saturated heterocycles. The molecule has 23 heavy (non-hydrogen) atoms. The minimum atomic E-state index is -1.17. The zero-order valence-electron chi connectivity index (χ0n) is 14.1. The molecule has 0 radical (unpaired) electrons. The number of benzene rings is 1. The number of nitrogens with one attached hydrogen (secondary N) is 1. The van der Waals surface area contributed by atoms with Gasteiger partial charge in [0.1, 0.15) is 17.5 Å². The zero-order valence-corrected chi connectivity index (χ0v) is 14.1. The van der Waals surface area contributed by atoms with Gasteiger partial charge < -0.3 is 5.32 Å². The molecule has 0 aliphatic heterocycles. The summed E-state index contributed by atoms with van der Waals surface area (Å²) >= 11 is 0. The third-order valence-electron chi connectivity index (χ3n) is 4.75. The molecule has 4 heteroatoms. The number of Topliss-reactive ketones (excluding diaryl/α,β-unsaturated/α-hetero) is 3. The normalized spacial score (nSPS) is 16.3. The van der Waals surface area contributed by atoms with Crippen LogP contribution in [-0.4, -0.2) is 23.4 Å². The summed E-state index contributed by atoms with van der Waals surface area (Å²) < 4.78 is 0. The summed E-state index contributed by atoms with van der Waals surface area (Å²) in [4.78, 5) is 35.3. The van der Waals surface area contributed by atoms with Crippen molar-refractivity contribution in [1.29, 1.82) is 0 Å². The molecule has 0 spiro atoms. The summed E-state index contributed by atoms with van der Waals surface area (Å²) in [6.45, 7) is 4.75. The molecule has 1 aromatic rings. The Hall–Kier alpha value is -1.97. The maximum atomic E-state index is 12.3. The van der Waals surface area contributed by atoms with Gasteiger partial charge in [-0.3, -0.25) is 14.4 Å². The van der Waals surface area contributed by atoms with E-state index in [4.69, 9.17) is 0 Å². The van der Waals surface area contributed by atoms with Gasteiger partial charge in [0.05, 0.1) is 0 Å². The van der Waals surface area contributed by atoms with E-state index in [0.29, 0.717) is 17.5 Å². The Morgan fingerprint density at radius 2 is 1.52 bits per heavy atom. The van der Waals surface area contributed by atoms with E-state index in [0.717, 1.165) is 5.69 Å². The first-order chi connectivity index (χ1) is 10.9. The largest absolute Gasteiger partial charge is 0.382 e. The average Bonchev–Trinajstić information content (AvgIpc) is 3.01. The highest BCUT2D eigenvalue weighted by molar-refractivity contribution is 6.23. The van der Waals surface area contributed by atoms with Crippen LogP contribution in [0.3, 0.4) is 0 Å². The molecule has 1 N–H and O–H groups in total. The topological polar surface area (TPSA) is 63.2 Å². The minimum Gasteiger partial charge on any atom is -0.382 e. The second-order valence-electron chi connectivity index (χ2n) is 6.57. The van der Waals surface area contributed by atoms with Crippen molar-refractivity contribution in [2.45, 2.75) is 52.5 Å². The lowest BCUT2D eigenvalue weighted by atomic mass is 9.91. The molecule has 1 saturated carbocycles. The van der Waals surface area contributed by atoms with Crippen LogP contribution >= 0.6 is 0 Å². The highest BCUT2D eigenvalue weighted by atomic mass is 16.2. The number of hydrogen-bond donors (Lipinski definition) is 1. The van der Waals surface area contributed by atoms with Crippen LogP contribution in [0.25, 0.3) is 0 Å². The maximum absolute atomic E-state index is 12.3. The molecular formula is C19H25NO3. The fraction of sp³-hybridized carbons (Fsp3) is 0.526. The molecule has 0 heterocycles. The van der Waals surface area contributed by atoms with Crippen molar-refractivity contribution >= 4 is 23.0 Å². The van der Waals surface area contributed by atoms with Crippen LogP contribution in [0.4, 0.5) is 5.69 Å². The predicted molar refractivity (Wildman–Crippen MR) is 90.7 cm³/mol. The smallest absolute Gasteiger partial charge is 0.180 e. The fourth-order valence-corrected chi connectivity index (χ4v) is 3.39. The van der Waals surface area contributed by atoms with E-state index in [1.54, 1.807) is 12.1 Å². The molecule has 1 unspecified atom stereocenters. The predicted octanol–water partition coefficient (Wildman–Crippen LogP) is 3.65. The van der Waals surface area contributed by atoms with Crippen molar-refractivity contribution in [3.8, 4) is 0 Å². The van der Waals surface area contributed by atoms with Crippen molar-refractivity contribution in [1.82, 2.24) is 0 Å². The Morgan fingerprint density at radius 1 is 1.00 bits per heavy atom. The van der Waals surface area contributed by atoms with E-state index in [1.165, 1.54) is 39.5 Å². The SMILES string of the molecule is CC(=O)C(C(C)=O)C(=O)c1ccc(NC(C)C2CCCC2)cc1. The monoisotopic (exact) mass is 315 g/mol. The number of anilines is 1. The van der Waals surface area contributed by atoms with Crippen molar-refractivity contribution < 1.29 is 14.4 Å². The molecule has 4 nitrogen and oxygen atoms in total. The van der Waals surface area contributed by atoms with Crippen molar-refractivity contribution in [3.05, 3.63) is 29.8 Å². The van der Waals surface area contributed by atoms with E-state index >= 15 is 0 Å². The first kappa shape index (κ1) is 17.4. The van der Waals surface area contributed by atoms with Crippen molar-refractivity contribution in [2.75, 3.05) is 5.32 Å². The van der Waals surface area contributed by atoms with Crippen molar-refractivity contribution in [2.24, 2.45) is 11.8 Å². The summed E-state index contributed by atoms with van der Waals surface area (Å²) in [5.74, 6) is -1.69. The van der Waals surface area contributed by atoms with Gasteiger partial charge in [-0.05, 0) is 63.8 Å². The van der Waals surface area contributed by atoms with Gasteiger partial charge in [0.2, 0.25) is 0 Å². The number of rotatable bonds is 7. The molecule has 0 aromatic heterocycles. The second-order valence-corrected chi connectivity index (χ2v) is 6.57. The number of hydrogen-bond acceptors (Lipinski definition) is 4. The summed E-state index contributed by atoms with van der Waals surface area (Å²) in [6.07, 6.45) is 5.15. The molecule has 124 valence electrons. The Kier molecular flexibility index (Phi) is 5.69. The lowest BCUT2D eigenvalue weighted by Gasteiger charge is -2.21. The lowest BCUT2D eigenvalue weighted by molar-refractivity contribution is -0.128. The Bertz CT molecular complexity index is 571. The van der Waals surface area contributed by atoms with E-state index in [2.05, 4.69) is 12.2 Å². The van der Waals surface area contributed by atoms with Gasteiger partial charge in [-0.2, -0.15) is 0 Å². The zero-order chi connectivity index (χ0) is 17.0. The van der Waals surface area contributed by atoms with Crippen LogP contribution in [0, 0.1) is 11.8 Å². The Balaban J connectivity index is 2.05. The van der Waals surface area contributed by atoms with Crippen LogP contribution in [0.1, 0.15) is 56.8 Å². The van der Waals surface area contributed by atoms with Crippen LogP contribution in [0.5, 0.6) is 0 Å². The second kappa shape index (κ2) is 7.53. The highest BCUT2D eigenvalue weighted by Crippen LogP contribution is 2.29. The first-order valence-corrected chi connectivity index (χ1v) is 8.32. The van der Waals surface area contributed by atoms with Gasteiger partial charge in [0.15, 0.2) is 5.78 Å². The molecule has 1 aromatic carbocycles. The summed E-state index contributed by atoms with van der Waals surface area (Å²) in [7, 11) is 0. The van der Waals surface area contributed by atoms with E-state index in [1.807, 2.05) is 12.1 Å². The van der Waals surface area contributed by atoms with Gasteiger partial charge in [-0.25, -0.2) is 0 Å². The molecule has 2 rings (SSSR count). The van der Waals surface area contributed by atoms with Gasteiger partial charge >= 0.3 is 0 Å². The van der Waals surface area contributed by atoms with E-state index in [-0.39, 0.29) is 0 Å². The summed E-state index contributed by atoms with van der Waals surface area (Å²) in [5.41, 5.74) is 1.36. The number of carbonyl (C=O) groups is 3. The standard InChI is InChI=1S/C19H25NO3/c1-12(15-6-4-5-7-15)20-17-10-8-16(9-11-17)19(23)18(13(2)21)14(3)22/h8-12,15,18,20H,4-7H2,1-3H3. The molecule has 0 bridgehead atoms. The van der Waals surface area contributed by atoms with E-state index in [9.17, 15) is 14.4 Å². The lowest BCUT2D eigenvalue weighted by Crippen LogP contribution is -2.28. The minimum absolute atomic E-state index is 0.402.